The lowest BCUT2D eigenvalue weighted by Gasteiger charge is -2.16. The summed E-state index contributed by atoms with van der Waals surface area (Å²) in [6, 6.07) is 7.50. The minimum absolute atomic E-state index is 0.0126. The first-order chi connectivity index (χ1) is 13.0. The van der Waals surface area contributed by atoms with Gasteiger partial charge in [0.2, 0.25) is 15.9 Å². The standard InChI is InChI=1S/C17H12ClF3N2O4S/c18-14-9-12(23-15(24)7-8-28(23,26)27)5-6-13(14)16(25)22-11-3-1-10(2-4-11)17(19,20)21/h1-6,9H,7-8H2,(H,22,25). The highest BCUT2D eigenvalue weighted by molar-refractivity contribution is 7.94. The van der Waals surface area contributed by atoms with Gasteiger partial charge >= 0.3 is 6.18 Å². The van der Waals surface area contributed by atoms with Crippen molar-refractivity contribution >= 4 is 44.8 Å². The number of nitrogens with zero attached hydrogens (tertiary/aromatic N) is 1. The molecule has 1 saturated heterocycles. The lowest BCUT2D eigenvalue weighted by molar-refractivity contribution is -0.137. The summed E-state index contributed by atoms with van der Waals surface area (Å²) in [5.41, 5.74) is -0.757. The van der Waals surface area contributed by atoms with E-state index < -0.39 is 33.6 Å². The maximum absolute atomic E-state index is 12.6. The van der Waals surface area contributed by atoms with Gasteiger partial charge < -0.3 is 5.32 Å². The highest BCUT2D eigenvalue weighted by Gasteiger charge is 2.36. The second kappa shape index (κ2) is 7.10. The zero-order chi connectivity index (χ0) is 20.7. The molecule has 1 heterocycles. The van der Waals surface area contributed by atoms with Crippen molar-refractivity contribution in [1.29, 1.82) is 0 Å². The summed E-state index contributed by atoms with van der Waals surface area (Å²) in [7, 11) is -3.77. The Labute approximate surface area is 163 Å². The van der Waals surface area contributed by atoms with Crippen LogP contribution in [0.2, 0.25) is 5.02 Å². The molecule has 1 aliphatic heterocycles. The van der Waals surface area contributed by atoms with Crippen molar-refractivity contribution in [2.24, 2.45) is 0 Å². The second-order valence-corrected chi connectivity index (χ2v) is 8.26. The van der Waals surface area contributed by atoms with E-state index in [1.165, 1.54) is 18.2 Å². The van der Waals surface area contributed by atoms with Crippen molar-refractivity contribution in [3.05, 3.63) is 58.6 Å². The summed E-state index contributed by atoms with van der Waals surface area (Å²) < 4.78 is 62.2. The van der Waals surface area contributed by atoms with Crippen LogP contribution in [0.4, 0.5) is 24.5 Å². The molecule has 0 spiro atoms. The van der Waals surface area contributed by atoms with Gasteiger partial charge in [0, 0.05) is 12.1 Å². The van der Waals surface area contributed by atoms with Crippen LogP contribution in [0.15, 0.2) is 42.5 Å². The molecule has 148 valence electrons. The van der Waals surface area contributed by atoms with Gasteiger partial charge in [-0.15, -0.1) is 0 Å². The lowest BCUT2D eigenvalue weighted by atomic mass is 10.1. The number of carbonyl (C=O) groups is 2. The van der Waals surface area contributed by atoms with Crippen LogP contribution in [0.1, 0.15) is 22.3 Å². The zero-order valence-corrected chi connectivity index (χ0v) is 15.5. The fourth-order valence-corrected chi connectivity index (χ4v) is 4.34. The highest BCUT2D eigenvalue weighted by Crippen LogP contribution is 2.31. The molecule has 0 radical (unpaired) electrons. The molecule has 0 bridgehead atoms. The van der Waals surface area contributed by atoms with Gasteiger partial charge in [-0.05, 0) is 42.5 Å². The van der Waals surface area contributed by atoms with Crippen LogP contribution < -0.4 is 9.62 Å². The Hall–Kier alpha value is -2.59. The van der Waals surface area contributed by atoms with E-state index in [1.807, 2.05) is 0 Å². The van der Waals surface area contributed by atoms with E-state index >= 15 is 0 Å². The molecule has 2 amide bonds. The summed E-state index contributed by atoms with van der Waals surface area (Å²) in [5, 5.41) is 2.29. The number of carbonyl (C=O) groups excluding carboxylic acids is 2. The van der Waals surface area contributed by atoms with Crippen LogP contribution in [-0.2, 0) is 21.0 Å². The lowest BCUT2D eigenvalue weighted by Crippen LogP contribution is -2.29. The Bertz CT molecular complexity index is 1050. The number of sulfonamides is 1. The van der Waals surface area contributed by atoms with Gasteiger partial charge in [-0.2, -0.15) is 13.2 Å². The first-order valence-corrected chi connectivity index (χ1v) is 9.82. The van der Waals surface area contributed by atoms with E-state index in [9.17, 15) is 31.2 Å². The third-order valence-corrected chi connectivity index (χ3v) is 5.98. The molecular formula is C17H12ClF3N2O4S. The molecule has 2 aromatic rings. The Morgan fingerprint density at radius 1 is 1.11 bits per heavy atom. The Morgan fingerprint density at radius 2 is 1.75 bits per heavy atom. The molecule has 3 rings (SSSR count). The third-order valence-electron chi connectivity index (χ3n) is 3.98. The molecule has 0 aliphatic carbocycles. The van der Waals surface area contributed by atoms with Crippen molar-refractivity contribution in [3.8, 4) is 0 Å². The van der Waals surface area contributed by atoms with E-state index in [-0.39, 0.29) is 34.1 Å². The zero-order valence-electron chi connectivity index (χ0n) is 14.0. The fraction of sp³-hybridized carbons (Fsp3) is 0.176. The van der Waals surface area contributed by atoms with Crippen LogP contribution >= 0.6 is 11.6 Å². The number of rotatable bonds is 3. The van der Waals surface area contributed by atoms with Gasteiger partial charge in [0.05, 0.1) is 27.6 Å². The smallest absolute Gasteiger partial charge is 0.322 e. The first kappa shape index (κ1) is 20.2. The maximum atomic E-state index is 12.6. The third kappa shape index (κ3) is 3.97. The predicted octanol–water partition coefficient (Wildman–Crippen LogP) is 3.68. The van der Waals surface area contributed by atoms with E-state index in [2.05, 4.69) is 5.32 Å². The highest BCUT2D eigenvalue weighted by atomic mass is 35.5. The molecule has 11 heteroatoms. The van der Waals surface area contributed by atoms with Crippen LogP contribution in [0.25, 0.3) is 0 Å². The molecule has 0 saturated carbocycles. The van der Waals surface area contributed by atoms with Crippen LogP contribution in [0, 0.1) is 0 Å². The Morgan fingerprint density at radius 3 is 2.25 bits per heavy atom. The number of nitrogens with one attached hydrogen (secondary N) is 1. The molecule has 1 fully saturated rings. The minimum Gasteiger partial charge on any atom is -0.322 e. The van der Waals surface area contributed by atoms with Crippen molar-refractivity contribution in [2.75, 3.05) is 15.4 Å². The van der Waals surface area contributed by atoms with E-state index in [1.54, 1.807) is 0 Å². The van der Waals surface area contributed by atoms with Gasteiger partial charge in [0.25, 0.3) is 5.91 Å². The SMILES string of the molecule is O=C(Nc1ccc(C(F)(F)F)cc1)c1ccc(N2C(=O)CCS2(=O)=O)cc1Cl. The molecule has 1 aliphatic rings. The monoisotopic (exact) mass is 432 g/mol. The van der Waals surface area contributed by atoms with Gasteiger partial charge in [0.1, 0.15) is 0 Å². The number of alkyl halides is 3. The van der Waals surface area contributed by atoms with Gasteiger partial charge in [-0.1, -0.05) is 11.6 Å². The quantitative estimate of drug-likeness (QED) is 0.802. The number of halogens is 4. The van der Waals surface area contributed by atoms with E-state index in [0.717, 1.165) is 24.3 Å². The first-order valence-electron chi connectivity index (χ1n) is 7.83. The van der Waals surface area contributed by atoms with Gasteiger partial charge in [-0.25, -0.2) is 12.7 Å². The van der Waals surface area contributed by atoms with E-state index in [4.69, 9.17) is 11.6 Å². The number of amides is 2. The summed E-state index contributed by atoms with van der Waals surface area (Å²) >= 11 is 6.05. The summed E-state index contributed by atoms with van der Waals surface area (Å²) in [6.45, 7) is 0. The maximum Gasteiger partial charge on any atom is 0.416 e. The number of benzene rings is 2. The molecule has 2 aromatic carbocycles. The molecule has 0 aromatic heterocycles. The number of hydrogen-bond acceptors (Lipinski definition) is 4. The van der Waals surface area contributed by atoms with Crippen LogP contribution in [0.5, 0.6) is 0 Å². The molecule has 0 atom stereocenters. The van der Waals surface area contributed by atoms with Crippen LogP contribution in [-0.4, -0.2) is 26.0 Å². The molecular weight excluding hydrogens is 421 g/mol. The molecule has 6 nitrogen and oxygen atoms in total. The van der Waals surface area contributed by atoms with Gasteiger partial charge in [-0.3, -0.25) is 9.59 Å². The number of anilines is 2. The second-order valence-electron chi connectivity index (χ2n) is 5.92. The van der Waals surface area contributed by atoms with Crippen molar-refractivity contribution < 1.29 is 31.2 Å². The average Bonchev–Trinajstić information content (AvgIpc) is 2.87. The molecule has 1 N–H and O–H groups in total. The fourth-order valence-electron chi connectivity index (χ4n) is 2.62. The minimum atomic E-state index is -4.49. The summed E-state index contributed by atoms with van der Waals surface area (Å²) in [4.78, 5) is 24.1. The molecule has 28 heavy (non-hydrogen) atoms. The summed E-state index contributed by atoms with van der Waals surface area (Å²) in [5.74, 6) is -1.61. The van der Waals surface area contributed by atoms with Gasteiger partial charge in [0.15, 0.2) is 0 Å². The Balaban J connectivity index is 1.81. The average molecular weight is 433 g/mol. The van der Waals surface area contributed by atoms with E-state index in [0.29, 0.717) is 4.31 Å². The summed E-state index contributed by atoms with van der Waals surface area (Å²) in [6.07, 6.45) is -4.63. The topological polar surface area (TPSA) is 83.6 Å². The van der Waals surface area contributed by atoms with Crippen molar-refractivity contribution in [1.82, 2.24) is 0 Å². The van der Waals surface area contributed by atoms with Crippen molar-refractivity contribution in [3.63, 3.8) is 0 Å². The largest absolute Gasteiger partial charge is 0.416 e. The van der Waals surface area contributed by atoms with Crippen LogP contribution in [0.3, 0.4) is 0 Å². The van der Waals surface area contributed by atoms with Crippen molar-refractivity contribution in [2.45, 2.75) is 12.6 Å². The molecule has 0 unspecified atom stereocenters. The normalized spacial score (nSPS) is 16.3. The number of hydrogen-bond donors (Lipinski definition) is 1. The Kier molecular flexibility index (Phi) is 5.11. The predicted molar refractivity (Wildman–Crippen MR) is 96.7 cm³/mol.